The maximum absolute atomic E-state index is 12.9. The van der Waals surface area contributed by atoms with Gasteiger partial charge in [0.25, 0.3) is 5.91 Å². The summed E-state index contributed by atoms with van der Waals surface area (Å²) in [6.45, 7) is 1.56. The monoisotopic (exact) mass is 360 g/mol. The van der Waals surface area contributed by atoms with Crippen molar-refractivity contribution in [3.63, 3.8) is 0 Å². The summed E-state index contributed by atoms with van der Waals surface area (Å²) < 4.78 is 0. The summed E-state index contributed by atoms with van der Waals surface area (Å²) >= 11 is 0. The van der Waals surface area contributed by atoms with Crippen LogP contribution in [0.5, 0.6) is 0 Å². The molecule has 1 saturated heterocycles. The van der Waals surface area contributed by atoms with Crippen LogP contribution in [-0.2, 0) is 12.8 Å². The number of hydrogen-bond acceptors (Lipinski definition) is 6. The fourth-order valence-corrected chi connectivity index (χ4v) is 3.82. The summed E-state index contributed by atoms with van der Waals surface area (Å²) in [7, 11) is 1.86. The standard InChI is InChI=1S/C20H20N6O/c1-25(20(27)14-5-6-17-18(9-14)22-8-7-21-17)15-11-26(12-15)19-10-13-3-2-4-16(13)23-24-19/h5-10,15H,2-4,11-12H2,1H3. The van der Waals surface area contributed by atoms with Gasteiger partial charge in [-0.15, -0.1) is 5.10 Å². The van der Waals surface area contributed by atoms with Gasteiger partial charge >= 0.3 is 0 Å². The second kappa shape index (κ2) is 6.26. The molecule has 0 bridgehead atoms. The van der Waals surface area contributed by atoms with Gasteiger partial charge in [0.2, 0.25) is 0 Å². The Morgan fingerprint density at radius 1 is 1.07 bits per heavy atom. The minimum Gasteiger partial charge on any atom is -0.351 e. The van der Waals surface area contributed by atoms with Gasteiger partial charge < -0.3 is 9.80 Å². The van der Waals surface area contributed by atoms with E-state index in [0.717, 1.165) is 48.5 Å². The Labute approximate surface area is 157 Å². The third kappa shape index (κ3) is 2.79. The van der Waals surface area contributed by atoms with Crippen molar-refractivity contribution in [2.45, 2.75) is 25.3 Å². The van der Waals surface area contributed by atoms with Gasteiger partial charge in [-0.2, -0.15) is 5.10 Å². The van der Waals surface area contributed by atoms with Crippen LogP contribution in [0.3, 0.4) is 0 Å². The molecule has 0 radical (unpaired) electrons. The van der Waals surface area contributed by atoms with Crippen LogP contribution in [0.4, 0.5) is 5.82 Å². The van der Waals surface area contributed by atoms with Gasteiger partial charge in [0.05, 0.1) is 22.8 Å². The molecule has 1 aliphatic carbocycles. The van der Waals surface area contributed by atoms with Crippen LogP contribution < -0.4 is 4.90 Å². The molecule has 27 heavy (non-hydrogen) atoms. The molecule has 5 rings (SSSR count). The number of hydrogen-bond donors (Lipinski definition) is 0. The minimum atomic E-state index is 0.00670. The first kappa shape index (κ1) is 16.1. The molecule has 0 unspecified atom stereocenters. The van der Waals surface area contributed by atoms with Gasteiger partial charge in [-0.25, -0.2) is 0 Å². The first-order valence-corrected chi connectivity index (χ1v) is 9.27. The summed E-state index contributed by atoms with van der Waals surface area (Å²) in [5.41, 5.74) is 4.64. The van der Waals surface area contributed by atoms with Crippen molar-refractivity contribution < 1.29 is 4.79 Å². The number of anilines is 1. The molecule has 7 nitrogen and oxygen atoms in total. The average molecular weight is 360 g/mol. The van der Waals surface area contributed by atoms with Gasteiger partial charge in [-0.1, -0.05) is 0 Å². The van der Waals surface area contributed by atoms with E-state index in [2.05, 4.69) is 31.1 Å². The second-order valence-corrected chi connectivity index (χ2v) is 7.26. The topological polar surface area (TPSA) is 75.1 Å². The highest BCUT2D eigenvalue weighted by Gasteiger charge is 2.34. The second-order valence-electron chi connectivity index (χ2n) is 7.26. The largest absolute Gasteiger partial charge is 0.351 e. The molecule has 0 spiro atoms. The summed E-state index contributed by atoms with van der Waals surface area (Å²) in [5.74, 6) is 0.931. The first-order valence-electron chi connectivity index (χ1n) is 9.27. The SMILES string of the molecule is CN(C(=O)c1ccc2nccnc2c1)C1CN(c2cc3c(nn2)CCC3)C1. The summed E-state index contributed by atoms with van der Waals surface area (Å²) in [4.78, 5) is 25.4. The zero-order valence-corrected chi connectivity index (χ0v) is 15.2. The Bertz CT molecular complexity index is 1030. The number of carbonyl (C=O) groups excluding carboxylic acids is 1. The molecule has 0 saturated carbocycles. The Morgan fingerprint density at radius 2 is 1.89 bits per heavy atom. The molecule has 1 aromatic carbocycles. The van der Waals surface area contributed by atoms with E-state index >= 15 is 0 Å². The number of nitrogens with zero attached hydrogens (tertiary/aromatic N) is 6. The van der Waals surface area contributed by atoms with E-state index in [4.69, 9.17) is 0 Å². The van der Waals surface area contributed by atoms with Gasteiger partial charge in [-0.3, -0.25) is 14.8 Å². The molecule has 0 atom stereocenters. The van der Waals surface area contributed by atoms with E-state index in [0.29, 0.717) is 5.56 Å². The Morgan fingerprint density at radius 3 is 2.74 bits per heavy atom. The van der Waals surface area contributed by atoms with Crippen molar-refractivity contribution in [2.24, 2.45) is 0 Å². The van der Waals surface area contributed by atoms with Crippen molar-refractivity contribution in [2.75, 3.05) is 25.0 Å². The quantitative estimate of drug-likeness (QED) is 0.710. The molecule has 1 amide bonds. The number of aromatic nitrogens is 4. The lowest BCUT2D eigenvalue weighted by atomic mass is 10.1. The molecule has 136 valence electrons. The molecule has 1 aliphatic heterocycles. The molecule has 2 aromatic heterocycles. The number of carbonyl (C=O) groups is 1. The third-order valence-electron chi connectivity index (χ3n) is 5.58. The Kier molecular flexibility index (Phi) is 3.74. The van der Waals surface area contributed by atoms with Crippen molar-refractivity contribution >= 4 is 22.8 Å². The summed E-state index contributed by atoms with van der Waals surface area (Å²) in [5, 5.41) is 8.72. The van der Waals surface area contributed by atoms with Crippen molar-refractivity contribution in [1.82, 2.24) is 25.1 Å². The predicted molar refractivity (Wildman–Crippen MR) is 102 cm³/mol. The lowest BCUT2D eigenvalue weighted by Gasteiger charge is -2.44. The van der Waals surface area contributed by atoms with Crippen LogP contribution in [0, 0.1) is 0 Å². The van der Waals surface area contributed by atoms with E-state index in [-0.39, 0.29) is 11.9 Å². The van der Waals surface area contributed by atoms with Crippen molar-refractivity contribution in [1.29, 1.82) is 0 Å². The molecule has 3 aromatic rings. The van der Waals surface area contributed by atoms with Crippen LogP contribution in [0.15, 0.2) is 36.7 Å². The number of benzene rings is 1. The van der Waals surface area contributed by atoms with Crippen LogP contribution in [0.2, 0.25) is 0 Å². The van der Waals surface area contributed by atoms with E-state index in [1.165, 1.54) is 12.0 Å². The third-order valence-corrected chi connectivity index (χ3v) is 5.58. The van der Waals surface area contributed by atoms with Crippen LogP contribution >= 0.6 is 0 Å². The summed E-state index contributed by atoms with van der Waals surface area (Å²) in [6, 6.07) is 7.80. The number of aryl methyl sites for hydroxylation is 2. The predicted octanol–water partition coefficient (Wildman–Crippen LogP) is 1.87. The lowest BCUT2D eigenvalue weighted by molar-refractivity contribution is 0.0705. The van der Waals surface area contributed by atoms with E-state index in [1.807, 2.05) is 30.1 Å². The normalized spacial score (nSPS) is 16.3. The fourth-order valence-electron chi connectivity index (χ4n) is 3.82. The van der Waals surface area contributed by atoms with Gasteiger partial charge in [0.15, 0.2) is 5.82 Å². The van der Waals surface area contributed by atoms with Crippen LogP contribution in [0.25, 0.3) is 11.0 Å². The molecule has 1 fully saturated rings. The summed E-state index contributed by atoms with van der Waals surface area (Å²) in [6.07, 6.45) is 6.60. The first-order chi connectivity index (χ1) is 13.2. The smallest absolute Gasteiger partial charge is 0.254 e. The van der Waals surface area contributed by atoms with Gasteiger partial charge in [-0.05, 0) is 49.1 Å². The zero-order valence-electron chi connectivity index (χ0n) is 15.2. The Hall–Kier alpha value is -3.09. The number of amides is 1. The molecular weight excluding hydrogens is 340 g/mol. The number of rotatable bonds is 3. The van der Waals surface area contributed by atoms with E-state index in [1.54, 1.807) is 12.4 Å². The molecular formula is C20H20N6O. The van der Waals surface area contributed by atoms with E-state index in [9.17, 15) is 4.79 Å². The molecule has 7 heteroatoms. The maximum atomic E-state index is 12.9. The highest BCUT2D eigenvalue weighted by molar-refractivity contribution is 5.97. The van der Waals surface area contributed by atoms with Crippen molar-refractivity contribution in [3.05, 3.63) is 53.5 Å². The molecule has 2 aliphatic rings. The van der Waals surface area contributed by atoms with Crippen LogP contribution in [-0.4, -0.2) is 57.2 Å². The molecule has 3 heterocycles. The maximum Gasteiger partial charge on any atom is 0.254 e. The molecule has 0 N–H and O–H groups in total. The van der Waals surface area contributed by atoms with Gasteiger partial charge in [0, 0.05) is 38.1 Å². The highest BCUT2D eigenvalue weighted by Crippen LogP contribution is 2.27. The van der Waals surface area contributed by atoms with Crippen LogP contribution in [0.1, 0.15) is 28.0 Å². The zero-order chi connectivity index (χ0) is 18.4. The number of fused-ring (bicyclic) bond motifs is 2. The number of likely N-dealkylation sites (N-methyl/N-ethyl adjacent to an activating group) is 1. The lowest BCUT2D eigenvalue weighted by Crippen LogP contribution is -2.60. The highest BCUT2D eigenvalue weighted by atomic mass is 16.2. The van der Waals surface area contributed by atoms with Gasteiger partial charge in [0.1, 0.15) is 0 Å². The fraction of sp³-hybridized carbons (Fsp3) is 0.350. The minimum absolute atomic E-state index is 0.00670. The average Bonchev–Trinajstić information content (AvgIpc) is 3.13. The van der Waals surface area contributed by atoms with Crippen molar-refractivity contribution in [3.8, 4) is 0 Å². The van der Waals surface area contributed by atoms with E-state index < -0.39 is 0 Å². The Balaban J connectivity index is 1.27.